The third-order valence-electron chi connectivity index (χ3n) is 6.58. The lowest BCUT2D eigenvalue weighted by molar-refractivity contribution is -0.137. The van der Waals surface area contributed by atoms with Crippen molar-refractivity contribution in [3.63, 3.8) is 0 Å². The molecule has 0 spiro atoms. The van der Waals surface area contributed by atoms with E-state index in [0.29, 0.717) is 32.0 Å². The van der Waals surface area contributed by atoms with E-state index < -0.39 is 0 Å². The molecule has 4 rings (SSSR count). The largest absolute Gasteiger partial charge is 0.490 e. The number of piperidine rings is 1. The van der Waals surface area contributed by atoms with Gasteiger partial charge >= 0.3 is 0 Å². The zero-order chi connectivity index (χ0) is 20.8. The molecule has 1 N–H and O–H groups in total. The first-order valence-corrected chi connectivity index (χ1v) is 11.7. The lowest BCUT2D eigenvalue weighted by Gasteiger charge is -2.35. The van der Waals surface area contributed by atoms with E-state index in [1.807, 2.05) is 23.1 Å². The summed E-state index contributed by atoms with van der Waals surface area (Å²) in [4.78, 5) is 27.2. The van der Waals surface area contributed by atoms with Crippen LogP contribution in [0.5, 0.6) is 11.5 Å². The Hall–Kier alpha value is -2.24. The fraction of sp³-hybridized carbons (Fsp3) is 0.667. The molecule has 6 nitrogen and oxygen atoms in total. The van der Waals surface area contributed by atoms with E-state index in [-0.39, 0.29) is 17.9 Å². The van der Waals surface area contributed by atoms with Crippen molar-refractivity contribution in [2.75, 3.05) is 26.3 Å². The number of rotatable bonds is 5. The van der Waals surface area contributed by atoms with Gasteiger partial charge in [-0.15, -0.1) is 0 Å². The predicted molar refractivity (Wildman–Crippen MR) is 115 cm³/mol. The lowest BCUT2D eigenvalue weighted by atomic mass is 9.87. The van der Waals surface area contributed by atoms with Gasteiger partial charge in [-0.25, -0.2) is 0 Å². The van der Waals surface area contributed by atoms with Crippen LogP contribution in [0.3, 0.4) is 0 Å². The summed E-state index contributed by atoms with van der Waals surface area (Å²) in [5, 5.41) is 3.17. The van der Waals surface area contributed by atoms with E-state index in [4.69, 9.17) is 9.47 Å². The first kappa shape index (κ1) is 21.0. The van der Waals surface area contributed by atoms with Crippen LogP contribution in [-0.4, -0.2) is 49.1 Å². The zero-order valence-corrected chi connectivity index (χ0v) is 17.9. The number of carbonyl (C=O) groups excluding carboxylic acids is 2. The number of nitrogens with one attached hydrogen (secondary N) is 1. The number of ether oxygens (including phenoxy) is 2. The van der Waals surface area contributed by atoms with Gasteiger partial charge in [0.1, 0.15) is 0 Å². The maximum atomic E-state index is 12.7. The van der Waals surface area contributed by atoms with Gasteiger partial charge in [0, 0.05) is 37.9 Å². The Morgan fingerprint density at radius 2 is 1.67 bits per heavy atom. The highest BCUT2D eigenvalue weighted by Crippen LogP contribution is 2.31. The molecule has 2 fully saturated rings. The molecule has 0 atom stereocenters. The standard InChI is InChI=1S/C24H34N2O4/c27-23(10-8-18-7-9-21-22(17-18)30-16-4-15-29-21)25-20-11-13-26(14-12-20)24(28)19-5-2-1-3-6-19/h7,9,17,19-20H,1-6,8,10-16H2,(H,25,27). The molecule has 1 saturated heterocycles. The number of amides is 2. The smallest absolute Gasteiger partial charge is 0.225 e. The molecule has 2 heterocycles. The number of nitrogens with zero attached hydrogens (tertiary/aromatic N) is 1. The van der Waals surface area contributed by atoms with Crippen LogP contribution in [0.2, 0.25) is 0 Å². The highest BCUT2D eigenvalue weighted by Gasteiger charge is 2.29. The van der Waals surface area contributed by atoms with Crippen LogP contribution in [-0.2, 0) is 16.0 Å². The Morgan fingerprint density at radius 3 is 2.43 bits per heavy atom. The molecule has 1 aromatic rings. The van der Waals surface area contributed by atoms with E-state index in [9.17, 15) is 9.59 Å². The van der Waals surface area contributed by atoms with Gasteiger partial charge < -0.3 is 19.7 Å². The second-order valence-corrected chi connectivity index (χ2v) is 8.83. The van der Waals surface area contributed by atoms with Crippen molar-refractivity contribution in [2.45, 2.75) is 70.3 Å². The van der Waals surface area contributed by atoms with Gasteiger partial charge in [-0.1, -0.05) is 25.3 Å². The Bertz CT molecular complexity index is 737. The van der Waals surface area contributed by atoms with Crippen molar-refractivity contribution >= 4 is 11.8 Å². The van der Waals surface area contributed by atoms with Crippen LogP contribution in [0, 0.1) is 5.92 Å². The fourth-order valence-electron chi connectivity index (χ4n) is 4.77. The molecule has 0 unspecified atom stereocenters. The van der Waals surface area contributed by atoms with Crippen LogP contribution < -0.4 is 14.8 Å². The minimum Gasteiger partial charge on any atom is -0.490 e. The van der Waals surface area contributed by atoms with E-state index in [1.54, 1.807) is 0 Å². The van der Waals surface area contributed by atoms with E-state index in [2.05, 4.69) is 5.32 Å². The summed E-state index contributed by atoms with van der Waals surface area (Å²) < 4.78 is 11.4. The van der Waals surface area contributed by atoms with Crippen molar-refractivity contribution in [3.05, 3.63) is 23.8 Å². The number of hydrogen-bond donors (Lipinski definition) is 1. The number of benzene rings is 1. The van der Waals surface area contributed by atoms with Gasteiger partial charge in [0.2, 0.25) is 11.8 Å². The topological polar surface area (TPSA) is 67.9 Å². The minimum atomic E-state index is 0.0826. The summed E-state index contributed by atoms with van der Waals surface area (Å²) in [5.74, 6) is 2.23. The monoisotopic (exact) mass is 414 g/mol. The summed E-state index contributed by atoms with van der Waals surface area (Å²) in [6.45, 7) is 2.88. The second kappa shape index (κ2) is 10.2. The van der Waals surface area contributed by atoms with E-state index in [1.165, 1.54) is 19.3 Å². The molecule has 3 aliphatic rings. The van der Waals surface area contributed by atoms with Crippen molar-refractivity contribution < 1.29 is 19.1 Å². The number of aryl methyl sites for hydroxylation is 1. The van der Waals surface area contributed by atoms with Gasteiger partial charge in [-0.3, -0.25) is 9.59 Å². The predicted octanol–water partition coefficient (Wildman–Crippen LogP) is 3.47. The highest BCUT2D eigenvalue weighted by atomic mass is 16.5. The average Bonchev–Trinajstić information content (AvgIpc) is 3.03. The molecular formula is C24H34N2O4. The van der Waals surface area contributed by atoms with Gasteiger partial charge in [0.25, 0.3) is 0 Å². The maximum absolute atomic E-state index is 12.7. The number of likely N-dealkylation sites (tertiary alicyclic amines) is 1. The van der Waals surface area contributed by atoms with Gasteiger partial charge in [-0.2, -0.15) is 0 Å². The number of carbonyl (C=O) groups is 2. The van der Waals surface area contributed by atoms with Crippen LogP contribution in [0.1, 0.15) is 63.4 Å². The molecule has 2 amide bonds. The third-order valence-corrected chi connectivity index (χ3v) is 6.58. The van der Waals surface area contributed by atoms with Crippen molar-refractivity contribution in [1.29, 1.82) is 0 Å². The Balaban J connectivity index is 1.19. The maximum Gasteiger partial charge on any atom is 0.225 e. The molecule has 30 heavy (non-hydrogen) atoms. The summed E-state index contributed by atoms with van der Waals surface area (Å²) in [6.07, 6.45) is 9.48. The quantitative estimate of drug-likeness (QED) is 0.801. The molecule has 2 aliphatic heterocycles. The Labute approximate surface area is 179 Å². The van der Waals surface area contributed by atoms with Crippen LogP contribution in [0.4, 0.5) is 0 Å². The summed E-state index contributed by atoms with van der Waals surface area (Å²) >= 11 is 0. The van der Waals surface area contributed by atoms with E-state index in [0.717, 1.165) is 62.3 Å². The number of fused-ring (bicyclic) bond motifs is 1. The molecule has 164 valence electrons. The number of hydrogen-bond acceptors (Lipinski definition) is 4. The molecular weight excluding hydrogens is 380 g/mol. The average molecular weight is 415 g/mol. The van der Waals surface area contributed by atoms with Crippen LogP contribution in [0.15, 0.2) is 18.2 Å². The molecule has 0 bridgehead atoms. The summed E-state index contributed by atoms with van der Waals surface area (Å²) in [5.41, 5.74) is 1.09. The Kier molecular flexibility index (Phi) is 7.13. The second-order valence-electron chi connectivity index (χ2n) is 8.83. The van der Waals surface area contributed by atoms with Gasteiger partial charge in [0.05, 0.1) is 13.2 Å². The molecule has 0 aromatic heterocycles. The van der Waals surface area contributed by atoms with Gasteiger partial charge in [0.15, 0.2) is 11.5 Å². The first-order valence-electron chi connectivity index (χ1n) is 11.7. The van der Waals surface area contributed by atoms with E-state index >= 15 is 0 Å². The summed E-state index contributed by atoms with van der Waals surface area (Å²) in [7, 11) is 0. The summed E-state index contributed by atoms with van der Waals surface area (Å²) in [6, 6.07) is 6.11. The fourth-order valence-corrected chi connectivity index (χ4v) is 4.77. The molecule has 6 heteroatoms. The van der Waals surface area contributed by atoms with Crippen molar-refractivity contribution in [3.8, 4) is 11.5 Å². The van der Waals surface area contributed by atoms with Crippen LogP contribution >= 0.6 is 0 Å². The normalized spacial score (nSPS) is 20.5. The molecule has 0 radical (unpaired) electrons. The molecule has 1 saturated carbocycles. The lowest BCUT2D eigenvalue weighted by Crippen LogP contribution is -2.48. The van der Waals surface area contributed by atoms with Crippen molar-refractivity contribution in [2.24, 2.45) is 5.92 Å². The van der Waals surface area contributed by atoms with Crippen molar-refractivity contribution in [1.82, 2.24) is 10.2 Å². The van der Waals surface area contributed by atoms with Crippen LogP contribution in [0.25, 0.3) is 0 Å². The van der Waals surface area contributed by atoms with Gasteiger partial charge in [-0.05, 0) is 49.8 Å². The zero-order valence-electron chi connectivity index (χ0n) is 17.9. The molecule has 1 aromatic carbocycles. The molecule has 1 aliphatic carbocycles. The third kappa shape index (κ3) is 5.46. The first-order chi connectivity index (χ1) is 14.7. The minimum absolute atomic E-state index is 0.0826. The SMILES string of the molecule is O=C(CCc1ccc2c(c1)OCCCO2)NC1CCN(C(=O)C2CCCCC2)CC1. The highest BCUT2D eigenvalue weighted by molar-refractivity contribution is 5.79. The Morgan fingerprint density at radius 1 is 0.933 bits per heavy atom.